The molecule has 10 nitrogen and oxygen atoms in total. The number of imidazole rings is 1. The Bertz CT molecular complexity index is 1010. The number of carbonyl (C=O) groups excluding carboxylic acids is 1. The highest BCUT2D eigenvalue weighted by Crippen LogP contribution is 2.40. The van der Waals surface area contributed by atoms with Crippen molar-refractivity contribution in [3.05, 3.63) is 24.7 Å². The summed E-state index contributed by atoms with van der Waals surface area (Å²) in [4.78, 5) is 16.9. The van der Waals surface area contributed by atoms with Gasteiger partial charge in [0.2, 0.25) is 11.7 Å². The summed E-state index contributed by atoms with van der Waals surface area (Å²) in [6.45, 7) is 2.98. The molecule has 1 saturated heterocycles. The summed E-state index contributed by atoms with van der Waals surface area (Å²) in [7, 11) is 0.729. The van der Waals surface area contributed by atoms with Crippen LogP contribution in [0.5, 0.6) is 17.2 Å². The predicted octanol–water partition coefficient (Wildman–Crippen LogP) is 1.97. The number of rotatable bonds is 8. The standard InChI is InChI=1S/C20H28N4O6S/c1-5-23-12-18(21-13-23)31(26,27)24-8-6-7-14(11-24)20(25)22-15-9-16(28-2)19(30-4)17(10-15)29-3/h9-10,12-14H,5-8,11H2,1-4H3,(H,22,25). The van der Waals surface area contributed by atoms with Gasteiger partial charge in [-0.05, 0) is 19.8 Å². The van der Waals surface area contributed by atoms with E-state index in [9.17, 15) is 13.2 Å². The van der Waals surface area contributed by atoms with Gasteiger partial charge in [-0.2, -0.15) is 4.31 Å². The molecule has 1 aliphatic heterocycles. The van der Waals surface area contributed by atoms with E-state index in [4.69, 9.17) is 14.2 Å². The van der Waals surface area contributed by atoms with Gasteiger partial charge >= 0.3 is 0 Å². The van der Waals surface area contributed by atoms with Gasteiger partial charge in [0.05, 0.1) is 33.6 Å². The summed E-state index contributed by atoms with van der Waals surface area (Å²) in [5.41, 5.74) is 0.473. The van der Waals surface area contributed by atoms with Crippen molar-refractivity contribution >= 4 is 21.6 Å². The van der Waals surface area contributed by atoms with Crippen LogP contribution in [-0.4, -0.2) is 62.6 Å². The predicted molar refractivity (Wildman–Crippen MR) is 114 cm³/mol. The lowest BCUT2D eigenvalue weighted by Crippen LogP contribution is -2.43. The van der Waals surface area contributed by atoms with Crippen molar-refractivity contribution in [3.63, 3.8) is 0 Å². The smallest absolute Gasteiger partial charge is 0.262 e. The largest absolute Gasteiger partial charge is 0.493 e. The number of ether oxygens (including phenoxy) is 3. The van der Waals surface area contributed by atoms with E-state index < -0.39 is 15.9 Å². The van der Waals surface area contributed by atoms with Gasteiger partial charge in [0, 0.05) is 43.7 Å². The van der Waals surface area contributed by atoms with E-state index in [1.165, 1.54) is 38.2 Å². The number of sulfonamides is 1. The summed E-state index contributed by atoms with van der Waals surface area (Å²) in [6, 6.07) is 3.27. The molecule has 11 heteroatoms. The molecule has 170 valence electrons. The van der Waals surface area contributed by atoms with E-state index in [-0.39, 0.29) is 17.5 Å². The van der Waals surface area contributed by atoms with Crippen LogP contribution >= 0.6 is 0 Å². The average Bonchev–Trinajstić information content (AvgIpc) is 3.28. The number of benzene rings is 1. The summed E-state index contributed by atoms with van der Waals surface area (Å²) < 4.78 is 44.9. The number of anilines is 1. The Balaban J connectivity index is 1.75. The molecule has 1 aromatic carbocycles. The molecule has 1 unspecified atom stereocenters. The third-order valence-corrected chi connectivity index (χ3v) is 7.02. The van der Waals surface area contributed by atoms with E-state index in [1.54, 1.807) is 16.7 Å². The number of hydrogen-bond acceptors (Lipinski definition) is 7. The fourth-order valence-electron chi connectivity index (χ4n) is 3.55. The van der Waals surface area contributed by atoms with Crippen LogP contribution in [0.25, 0.3) is 0 Å². The molecule has 31 heavy (non-hydrogen) atoms. The first-order valence-corrected chi connectivity index (χ1v) is 11.4. The van der Waals surface area contributed by atoms with Crippen LogP contribution in [0.1, 0.15) is 19.8 Å². The SMILES string of the molecule is CCn1cnc(S(=O)(=O)N2CCCC(C(=O)Nc3cc(OC)c(OC)c(OC)c3)C2)c1. The number of nitrogens with one attached hydrogen (secondary N) is 1. The maximum Gasteiger partial charge on any atom is 0.262 e. The van der Waals surface area contributed by atoms with Gasteiger partial charge in [-0.1, -0.05) is 0 Å². The number of methoxy groups -OCH3 is 3. The fraction of sp³-hybridized carbons (Fsp3) is 0.500. The lowest BCUT2D eigenvalue weighted by molar-refractivity contribution is -0.120. The summed E-state index contributed by atoms with van der Waals surface area (Å²) in [5, 5.41) is 2.84. The second-order valence-electron chi connectivity index (χ2n) is 7.15. The van der Waals surface area contributed by atoms with Crippen molar-refractivity contribution < 1.29 is 27.4 Å². The second-order valence-corrected chi connectivity index (χ2v) is 9.03. The van der Waals surface area contributed by atoms with E-state index in [2.05, 4.69) is 10.3 Å². The van der Waals surface area contributed by atoms with Crippen molar-refractivity contribution in [1.82, 2.24) is 13.9 Å². The quantitative estimate of drug-likeness (QED) is 0.652. The number of carbonyl (C=O) groups is 1. The Morgan fingerprint density at radius 1 is 1.19 bits per heavy atom. The number of aromatic nitrogens is 2. The van der Waals surface area contributed by atoms with Crippen LogP contribution < -0.4 is 19.5 Å². The number of hydrogen-bond donors (Lipinski definition) is 1. The normalized spacial score (nSPS) is 17.2. The highest BCUT2D eigenvalue weighted by Gasteiger charge is 2.34. The van der Waals surface area contributed by atoms with Gasteiger partial charge in [0.15, 0.2) is 16.5 Å². The molecule has 0 saturated carbocycles. The van der Waals surface area contributed by atoms with Crippen molar-refractivity contribution in [2.24, 2.45) is 5.92 Å². The first-order valence-electron chi connectivity index (χ1n) is 9.96. The van der Waals surface area contributed by atoms with Crippen LogP contribution in [0, 0.1) is 5.92 Å². The molecule has 3 rings (SSSR count). The first kappa shape index (κ1) is 22.9. The zero-order chi connectivity index (χ0) is 22.6. The Morgan fingerprint density at radius 3 is 2.42 bits per heavy atom. The van der Waals surface area contributed by atoms with E-state index in [1.807, 2.05) is 6.92 Å². The highest BCUT2D eigenvalue weighted by atomic mass is 32.2. The van der Waals surface area contributed by atoms with Crippen LogP contribution in [0.15, 0.2) is 29.7 Å². The molecule has 2 aromatic rings. The van der Waals surface area contributed by atoms with Gasteiger partial charge in [0.1, 0.15) is 0 Å². The van der Waals surface area contributed by atoms with E-state index in [0.29, 0.717) is 48.9 Å². The monoisotopic (exact) mass is 452 g/mol. The molecule has 0 aliphatic carbocycles. The molecule has 1 N–H and O–H groups in total. The molecule has 1 aromatic heterocycles. The highest BCUT2D eigenvalue weighted by molar-refractivity contribution is 7.89. The molecule has 1 amide bonds. The number of nitrogens with zero attached hydrogens (tertiary/aromatic N) is 3. The average molecular weight is 453 g/mol. The fourth-order valence-corrected chi connectivity index (χ4v) is 5.01. The number of piperidine rings is 1. The van der Waals surface area contributed by atoms with Crippen molar-refractivity contribution in [2.75, 3.05) is 39.7 Å². The maximum absolute atomic E-state index is 13.0. The van der Waals surface area contributed by atoms with E-state index >= 15 is 0 Å². The summed E-state index contributed by atoms with van der Waals surface area (Å²) in [5.74, 6) is 0.488. The molecular formula is C20H28N4O6S. The van der Waals surface area contributed by atoms with Crippen LogP contribution in [0.4, 0.5) is 5.69 Å². The number of aryl methyl sites for hydroxylation is 1. The minimum absolute atomic E-state index is 0.0000327. The molecule has 1 atom stereocenters. The van der Waals surface area contributed by atoms with Gasteiger partial charge in [-0.15, -0.1) is 0 Å². The topological polar surface area (TPSA) is 112 Å². The zero-order valence-corrected chi connectivity index (χ0v) is 18.9. The maximum atomic E-state index is 13.0. The molecule has 2 heterocycles. The van der Waals surface area contributed by atoms with E-state index in [0.717, 1.165) is 0 Å². The molecule has 1 fully saturated rings. The molecule has 0 bridgehead atoms. The van der Waals surface area contributed by atoms with Gasteiger partial charge in [0.25, 0.3) is 10.0 Å². The summed E-state index contributed by atoms with van der Waals surface area (Å²) >= 11 is 0. The van der Waals surface area contributed by atoms with Gasteiger partial charge < -0.3 is 24.1 Å². The summed E-state index contributed by atoms with van der Waals surface area (Å²) in [6.07, 6.45) is 4.17. The Morgan fingerprint density at radius 2 is 1.87 bits per heavy atom. The Kier molecular flexibility index (Phi) is 7.06. The zero-order valence-electron chi connectivity index (χ0n) is 18.1. The third-order valence-electron chi connectivity index (χ3n) is 5.27. The van der Waals surface area contributed by atoms with Crippen molar-refractivity contribution in [1.29, 1.82) is 0 Å². The lowest BCUT2D eigenvalue weighted by atomic mass is 9.98. The molecular weight excluding hydrogens is 424 g/mol. The second kappa shape index (κ2) is 9.56. The first-order chi connectivity index (χ1) is 14.8. The number of amides is 1. The van der Waals surface area contributed by atoms with Crippen LogP contribution in [0.3, 0.4) is 0 Å². The van der Waals surface area contributed by atoms with Crippen molar-refractivity contribution in [3.8, 4) is 17.2 Å². The van der Waals surface area contributed by atoms with Crippen molar-refractivity contribution in [2.45, 2.75) is 31.3 Å². The third kappa shape index (κ3) is 4.77. The minimum Gasteiger partial charge on any atom is -0.493 e. The lowest BCUT2D eigenvalue weighted by Gasteiger charge is -2.30. The molecule has 0 radical (unpaired) electrons. The molecule has 0 spiro atoms. The molecule has 1 aliphatic rings. The van der Waals surface area contributed by atoms with Crippen LogP contribution in [0.2, 0.25) is 0 Å². The Hall–Kier alpha value is -2.79. The van der Waals surface area contributed by atoms with Gasteiger partial charge in [-0.25, -0.2) is 13.4 Å². The Labute approximate surface area is 182 Å². The minimum atomic E-state index is -3.76. The van der Waals surface area contributed by atoms with Gasteiger partial charge in [-0.3, -0.25) is 4.79 Å². The van der Waals surface area contributed by atoms with Crippen LogP contribution in [-0.2, 0) is 21.4 Å².